The Morgan fingerprint density at radius 3 is 2.37 bits per heavy atom. The second-order valence-corrected chi connectivity index (χ2v) is 3.75. The quantitative estimate of drug-likeness (QED) is 0.572. The molecule has 0 bridgehead atoms. The first-order valence-corrected chi connectivity index (χ1v) is 5.79. The zero-order valence-corrected chi connectivity index (χ0v) is 10.4. The lowest BCUT2D eigenvalue weighted by molar-refractivity contribution is 0.0697. The molecule has 0 saturated heterocycles. The zero-order valence-electron chi connectivity index (χ0n) is 10.4. The maximum absolute atomic E-state index is 11.8. The van der Waals surface area contributed by atoms with Crippen molar-refractivity contribution in [2.75, 3.05) is 31.1 Å². The van der Waals surface area contributed by atoms with Crippen LogP contribution in [-0.2, 0) is 0 Å². The van der Waals surface area contributed by atoms with E-state index in [1.165, 1.54) is 29.2 Å². The molecule has 1 rings (SSSR count). The van der Waals surface area contributed by atoms with E-state index in [1.54, 1.807) is 0 Å². The Labute approximate surface area is 110 Å². The molecular weight excluding hydrogens is 250 g/mol. The van der Waals surface area contributed by atoms with Crippen LogP contribution in [0.2, 0.25) is 0 Å². The van der Waals surface area contributed by atoms with Crippen LogP contribution in [0.4, 0.5) is 10.5 Å². The number of nitrogens with one attached hydrogen (secondary N) is 1. The number of aliphatic hydroxyl groups excluding tert-OH is 1. The molecule has 19 heavy (non-hydrogen) atoms. The highest BCUT2D eigenvalue weighted by atomic mass is 16.4. The summed E-state index contributed by atoms with van der Waals surface area (Å²) in [5.74, 6) is -1.03. The summed E-state index contributed by atoms with van der Waals surface area (Å²) in [6.45, 7) is 0.560. The van der Waals surface area contributed by atoms with Crippen molar-refractivity contribution in [2.45, 2.75) is 0 Å². The molecule has 7 heteroatoms. The first kappa shape index (κ1) is 14.9. The van der Waals surface area contributed by atoms with Gasteiger partial charge in [0.1, 0.15) is 0 Å². The summed E-state index contributed by atoms with van der Waals surface area (Å²) in [6, 6.07) is 5.45. The van der Waals surface area contributed by atoms with Gasteiger partial charge in [-0.1, -0.05) is 0 Å². The number of urea groups is 1. The summed E-state index contributed by atoms with van der Waals surface area (Å²) in [6.07, 6.45) is 0. The van der Waals surface area contributed by atoms with Crippen LogP contribution in [0.1, 0.15) is 10.4 Å². The van der Waals surface area contributed by atoms with Crippen LogP contribution < -0.4 is 16.0 Å². The van der Waals surface area contributed by atoms with Gasteiger partial charge in [0.05, 0.1) is 18.7 Å². The molecule has 0 heterocycles. The summed E-state index contributed by atoms with van der Waals surface area (Å²) in [7, 11) is 0. The van der Waals surface area contributed by atoms with Crippen molar-refractivity contribution in [3.8, 4) is 0 Å². The average Bonchev–Trinajstić information content (AvgIpc) is 2.42. The number of rotatable bonds is 6. The molecule has 0 unspecified atom stereocenters. The maximum atomic E-state index is 11.8. The molecule has 0 radical (unpaired) electrons. The fraction of sp³-hybridized carbons (Fsp3) is 0.333. The van der Waals surface area contributed by atoms with Crippen molar-refractivity contribution in [1.29, 1.82) is 0 Å². The maximum Gasteiger partial charge on any atom is 0.335 e. The SMILES string of the molecule is NCCNC(=O)N(CCO)c1ccc(C(=O)O)cc1. The zero-order chi connectivity index (χ0) is 14.3. The third-order valence-corrected chi connectivity index (χ3v) is 2.42. The van der Waals surface area contributed by atoms with Gasteiger partial charge in [-0.25, -0.2) is 9.59 Å². The van der Waals surface area contributed by atoms with Gasteiger partial charge in [-0.2, -0.15) is 0 Å². The number of anilines is 1. The minimum absolute atomic E-state index is 0.114. The number of hydrogen-bond acceptors (Lipinski definition) is 4. The second kappa shape index (κ2) is 7.34. The van der Waals surface area contributed by atoms with Crippen LogP contribution in [-0.4, -0.2) is 48.5 Å². The van der Waals surface area contributed by atoms with Crippen molar-refractivity contribution in [3.05, 3.63) is 29.8 Å². The summed E-state index contributed by atoms with van der Waals surface area (Å²) < 4.78 is 0. The Kier molecular flexibility index (Phi) is 5.77. The number of amides is 2. The van der Waals surface area contributed by atoms with E-state index in [0.717, 1.165) is 0 Å². The van der Waals surface area contributed by atoms with Gasteiger partial charge in [-0.05, 0) is 24.3 Å². The van der Waals surface area contributed by atoms with Gasteiger partial charge in [-0.15, -0.1) is 0 Å². The summed E-state index contributed by atoms with van der Waals surface area (Å²) >= 11 is 0. The van der Waals surface area contributed by atoms with Gasteiger partial charge < -0.3 is 21.3 Å². The van der Waals surface area contributed by atoms with Crippen molar-refractivity contribution in [3.63, 3.8) is 0 Å². The number of carboxylic acids is 1. The van der Waals surface area contributed by atoms with E-state index in [0.29, 0.717) is 18.8 Å². The summed E-state index contributed by atoms with van der Waals surface area (Å²) in [5, 5.41) is 20.4. The van der Waals surface area contributed by atoms with Gasteiger partial charge in [0.2, 0.25) is 0 Å². The van der Waals surface area contributed by atoms with Crippen molar-refractivity contribution in [1.82, 2.24) is 5.32 Å². The van der Waals surface area contributed by atoms with Crippen LogP contribution in [0.5, 0.6) is 0 Å². The largest absolute Gasteiger partial charge is 0.478 e. The minimum Gasteiger partial charge on any atom is -0.478 e. The van der Waals surface area contributed by atoms with E-state index in [9.17, 15) is 9.59 Å². The summed E-state index contributed by atoms with van der Waals surface area (Å²) in [4.78, 5) is 23.9. The topological polar surface area (TPSA) is 116 Å². The fourth-order valence-electron chi connectivity index (χ4n) is 1.51. The molecule has 1 aromatic rings. The second-order valence-electron chi connectivity index (χ2n) is 3.75. The molecule has 0 aliphatic carbocycles. The summed E-state index contributed by atoms with van der Waals surface area (Å²) in [5.41, 5.74) is 5.94. The Morgan fingerprint density at radius 2 is 1.89 bits per heavy atom. The number of hydrogen-bond donors (Lipinski definition) is 4. The molecular formula is C12H17N3O4. The first-order valence-electron chi connectivity index (χ1n) is 5.79. The number of aliphatic hydroxyl groups is 1. The lowest BCUT2D eigenvalue weighted by Gasteiger charge is -2.22. The van der Waals surface area contributed by atoms with Gasteiger partial charge in [0.25, 0.3) is 0 Å². The Bertz CT molecular complexity index is 433. The number of carboxylic acid groups (broad SMARTS) is 1. The Hall–Kier alpha value is -2.12. The molecule has 0 aliphatic rings. The van der Waals surface area contributed by atoms with Crippen LogP contribution >= 0.6 is 0 Å². The monoisotopic (exact) mass is 267 g/mol. The molecule has 0 atom stereocenters. The number of carbonyl (C=O) groups excluding carboxylic acids is 1. The number of nitrogens with zero attached hydrogens (tertiary/aromatic N) is 1. The van der Waals surface area contributed by atoms with Gasteiger partial charge in [-0.3, -0.25) is 4.90 Å². The third-order valence-electron chi connectivity index (χ3n) is 2.42. The van der Waals surface area contributed by atoms with Crippen molar-refractivity contribution >= 4 is 17.7 Å². The van der Waals surface area contributed by atoms with Crippen molar-refractivity contribution < 1.29 is 19.8 Å². The number of nitrogens with two attached hydrogens (primary N) is 1. The smallest absolute Gasteiger partial charge is 0.335 e. The first-order chi connectivity index (χ1) is 9.10. The number of aromatic carboxylic acids is 1. The van der Waals surface area contributed by atoms with Crippen LogP contribution in [0.25, 0.3) is 0 Å². The van der Waals surface area contributed by atoms with Crippen LogP contribution in [0, 0.1) is 0 Å². The van der Waals surface area contributed by atoms with Crippen molar-refractivity contribution in [2.24, 2.45) is 5.73 Å². The van der Waals surface area contributed by atoms with Gasteiger partial charge >= 0.3 is 12.0 Å². The van der Waals surface area contributed by atoms with E-state index in [2.05, 4.69) is 5.32 Å². The third kappa shape index (κ3) is 4.23. The van der Waals surface area contributed by atoms with E-state index in [1.807, 2.05) is 0 Å². The molecule has 5 N–H and O–H groups in total. The molecule has 7 nitrogen and oxygen atoms in total. The number of benzene rings is 1. The van der Waals surface area contributed by atoms with Gasteiger partial charge in [0, 0.05) is 18.8 Å². The lowest BCUT2D eigenvalue weighted by Crippen LogP contribution is -2.43. The molecule has 1 aromatic carbocycles. The van der Waals surface area contributed by atoms with E-state index in [-0.39, 0.29) is 24.7 Å². The molecule has 2 amide bonds. The Morgan fingerprint density at radius 1 is 1.26 bits per heavy atom. The predicted octanol–water partition coefficient (Wildman–Crippen LogP) is -0.148. The highest BCUT2D eigenvalue weighted by Gasteiger charge is 2.15. The normalized spacial score (nSPS) is 10.0. The van der Waals surface area contributed by atoms with E-state index >= 15 is 0 Å². The lowest BCUT2D eigenvalue weighted by atomic mass is 10.2. The molecule has 0 aromatic heterocycles. The average molecular weight is 267 g/mol. The molecule has 104 valence electrons. The fourth-order valence-corrected chi connectivity index (χ4v) is 1.51. The molecule has 0 spiro atoms. The molecule has 0 aliphatic heterocycles. The van der Waals surface area contributed by atoms with Crippen LogP contribution in [0.3, 0.4) is 0 Å². The van der Waals surface area contributed by atoms with Gasteiger partial charge in [0.15, 0.2) is 0 Å². The van der Waals surface area contributed by atoms with E-state index in [4.69, 9.17) is 15.9 Å². The van der Waals surface area contributed by atoms with E-state index < -0.39 is 5.97 Å². The highest BCUT2D eigenvalue weighted by Crippen LogP contribution is 2.15. The molecule has 0 fully saturated rings. The minimum atomic E-state index is -1.03. The predicted molar refractivity (Wildman–Crippen MR) is 70.3 cm³/mol. The Balaban J connectivity index is 2.85. The highest BCUT2D eigenvalue weighted by molar-refractivity contribution is 5.93. The number of carbonyl (C=O) groups is 2. The van der Waals surface area contributed by atoms with Crippen LogP contribution in [0.15, 0.2) is 24.3 Å². The molecule has 0 saturated carbocycles. The standard InChI is InChI=1S/C12H17N3O4/c13-5-6-14-12(19)15(7-8-16)10-3-1-9(2-4-10)11(17)18/h1-4,16H,5-8,13H2,(H,14,19)(H,17,18).